The minimum atomic E-state index is 0.100. The molecule has 3 heteroatoms. The van der Waals surface area contributed by atoms with Gasteiger partial charge in [0.1, 0.15) is 0 Å². The zero-order valence-electron chi connectivity index (χ0n) is 10.8. The summed E-state index contributed by atoms with van der Waals surface area (Å²) >= 11 is 8.02. The molecule has 1 aromatic heterocycles. The Balaban J connectivity index is 2.63. The highest BCUT2D eigenvalue weighted by atomic mass is 35.5. The summed E-state index contributed by atoms with van der Waals surface area (Å²) in [6.45, 7) is 4.03. The predicted octanol–water partition coefficient (Wildman–Crippen LogP) is 4.94. The van der Waals surface area contributed by atoms with E-state index in [9.17, 15) is 4.79 Å². The highest BCUT2D eigenvalue weighted by Crippen LogP contribution is 2.33. The van der Waals surface area contributed by atoms with E-state index in [1.54, 1.807) is 11.3 Å². The number of aryl methyl sites for hydroxylation is 2. The van der Waals surface area contributed by atoms with Crippen LogP contribution in [0.2, 0.25) is 5.02 Å². The molecular formula is C16H13ClOS. The monoisotopic (exact) mass is 288 g/mol. The molecule has 0 spiro atoms. The van der Waals surface area contributed by atoms with Crippen LogP contribution in [0.4, 0.5) is 0 Å². The highest BCUT2D eigenvalue weighted by Gasteiger charge is 2.13. The van der Waals surface area contributed by atoms with Gasteiger partial charge in [0.2, 0.25) is 0 Å². The molecule has 0 unspecified atom stereocenters. The first-order valence-corrected chi connectivity index (χ1v) is 7.46. The molecule has 0 amide bonds. The molecule has 0 saturated carbocycles. The molecule has 0 bridgehead atoms. The van der Waals surface area contributed by atoms with E-state index < -0.39 is 0 Å². The lowest BCUT2D eigenvalue weighted by Gasteiger charge is -2.10. The molecule has 2 aromatic carbocycles. The van der Waals surface area contributed by atoms with Crippen molar-refractivity contribution < 1.29 is 0 Å². The summed E-state index contributed by atoms with van der Waals surface area (Å²) in [5.74, 6) is 0. The molecule has 0 saturated heterocycles. The maximum Gasteiger partial charge on any atom is 0.196 e. The number of fused-ring (bicyclic) bond motifs is 2. The lowest BCUT2D eigenvalue weighted by atomic mass is 10.0. The van der Waals surface area contributed by atoms with Gasteiger partial charge in [-0.3, -0.25) is 4.79 Å². The van der Waals surface area contributed by atoms with Gasteiger partial charge in [-0.15, -0.1) is 11.3 Å². The van der Waals surface area contributed by atoms with Crippen molar-refractivity contribution in [2.24, 2.45) is 0 Å². The molecule has 96 valence electrons. The second kappa shape index (κ2) is 4.62. The quantitative estimate of drug-likeness (QED) is 0.580. The normalized spacial score (nSPS) is 11.3. The van der Waals surface area contributed by atoms with Crippen LogP contribution in [0.15, 0.2) is 35.1 Å². The molecular weight excluding hydrogens is 276 g/mol. The van der Waals surface area contributed by atoms with Crippen molar-refractivity contribution in [2.45, 2.75) is 20.3 Å². The summed E-state index contributed by atoms with van der Waals surface area (Å²) < 4.78 is 2.06. The Morgan fingerprint density at radius 3 is 2.68 bits per heavy atom. The number of hydrogen-bond donors (Lipinski definition) is 0. The van der Waals surface area contributed by atoms with Crippen LogP contribution in [0.25, 0.3) is 20.2 Å². The van der Waals surface area contributed by atoms with E-state index in [4.69, 9.17) is 11.6 Å². The fourth-order valence-electron chi connectivity index (χ4n) is 2.49. The van der Waals surface area contributed by atoms with Crippen molar-refractivity contribution in [1.82, 2.24) is 0 Å². The van der Waals surface area contributed by atoms with E-state index in [-0.39, 0.29) is 5.43 Å². The van der Waals surface area contributed by atoms with E-state index in [0.29, 0.717) is 0 Å². The van der Waals surface area contributed by atoms with Gasteiger partial charge < -0.3 is 0 Å². The van der Waals surface area contributed by atoms with Crippen molar-refractivity contribution in [3.8, 4) is 0 Å². The molecule has 0 aliphatic rings. The lowest BCUT2D eigenvalue weighted by Crippen LogP contribution is -2.05. The Hall–Kier alpha value is -1.38. The van der Waals surface area contributed by atoms with Crippen molar-refractivity contribution in [2.75, 3.05) is 0 Å². The van der Waals surface area contributed by atoms with Gasteiger partial charge >= 0.3 is 0 Å². The second-order valence-electron chi connectivity index (χ2n) is 4.64. The molecule has 3 rings (SSSR count). The molecule has 0 radical (unpaired) electrons. The first kappa shape index (κ1) is 12.6. The molecule has 0 aliphatic heterocycles. The predicted molar refractivity (Wildman–Crippen MR) is 84.7 cm³/mol. The van der Waals surface area contributed by atoms with E-state index >= 15 is 0 Å². The van der Waals surface area contributed by atoms with Gasteiger partial charge in [-0.25, -0.2) is 0 Å². The summed E-state index contributed by atoms with van der Waals surface area (Å²) in [4.78, 5) is 12.7. The molecule has 1 nitrogen and oxygen atoms in total. The lowest BCUT2D eigenvalue weighted by molar-refractivity contribution is 1.15. The third-order valence-corrected chi connectivity index (χ3v) is 5.08. The van der Waals surface area contributed by atoms with Gasteiger partial charge in [0.05, 0.1) is 0 Å². The first-order valence-electron chi connectivity index (χ1n) is 6.27. The summed E-state index contributed by atoms with van der Waals surface area (Å²) in [6, 6.07) is 9.78. The smallest absolute Gasteiger partial charge is 0.196 e. The largest absolute Gasteiger partial charge is 0.288 e. The van der Waals surface area contributed by atoms with Crippen LogP contribution >= 0.6 is 22.9 Å². The van der Waals surface area contributed by atoms with Crippen LogP contribution in [0, 0.1) is 6.92 Å². The number of halogens is 1. The number of rotatable bonds is 1. The van der Waals surface area contributed by atoms with Gasteiger partial charge in [0.15, 0.2) is 5.43 Å². The second-order valence-corrected chi connectivity index (χ2v) is 6.10. The summed E-state index contributed by atoms with van der Waals surface area (Å²) in [5.41, 5.74) is 2.11. The van der Waals surface area contributed by atoms with Crippen LogP contribution in [0.3, 0.4) is 0 Å². The third kappa shape index (κ3) is 1.87. The average Bonchev–Trinajstić information content (AvgIpc) is 2.41. The van der Waals surface area contributed by atoms with Crippen molar-refractivity contribution >= 4 is 43.1 Å². The third-order valence-electron chi connectivity index (χ3n) is 3.44. The van der Waals surface area contributed by atoms with Gasteiger partial charge in [-0.05, 0) is 42.7 Å². The molecule has 1 heterocycles. The molecule has 0 N–H and O–H groups in total. The van der Waals surface area contributed by atoms with E-state index in [1.165, 1.54) is 0 Å². The molecule has 19 heavy (non-hydrogen) atoms. The Morgan fingerprint density at radius 1 is 1.21 bits per heavy atom. The fourth-order valence-corrected chi connectivity index (χ4v) is 3.98. The van der Waals surface area contributed by atoms with Crippen molar-refractivity contribution in [1.29, 1.82) is 0 Å². The highest BCUT2D eigenvalue weighted by molar-refractivity contribution is 7.24. The average molecular weight is 289 g/mol. The Kier molecular flexibility index (Phi) is 3.08. The molecule has 0 aliphatic carbocycles. The van der Waals surface area contributed by atoms with E-state index in [2.05, 4.69) is 0 Å². The fraction of sp³-hybridized carbons (Fsp3) is 0.188. The van der Waals surface area contributed by atoms with E-state index in [1.807, 2.05) is 44.2 Å². The topological polar surface area (TPSA) is 17.1 Å². The Labute approximate surface area is 120 Å². The van der Waals surface area contributed by atoms with Crippen molar-refractivity contribution in [3.05, 3.63) is 56.7 Å². The van der Waals surface area contributed by atoms with E-state index in [0.717, 1.165) is 42.7 Å². The van der Waals surface area contributed by atoms with Crippen LogP contribution in [0.5, 0.6) is 0 Å². The number of hydrogen-bond acceptors (Lipinski definition) is 2. The zero-order valence-corrected chi connectivity index (χ0v) is 12.4. The van der Waals surface area contributed by atoms with Crippen LogP contribution in [-0.4, -0.2) is 0 Å². The van der Waals surface area contributed by atoms with Gasteiger partial charge in [0.25, 0.3) is 0 Å². The molecule has 0 fully saturated rings. The van der Waals surface area contributed by atoms with Gasteiger partial charge in [-0.1, -0.05) is 30.7 Å². The van der Waals surface area contributed by atoms with Crippen LogP contribution < -0.4 is 5.43 Å². The maximum atomic E-state index is 12.7. The molecule has 3 aromatic rings. The summed E-state index contributed by atoms with van der Waals surface area (Å²) in [5, 5.41) is 2.31. The van der Waals surface area contributed by atoms with Crippen LogP contribution in [-0.2, 0) is 6.42 Å². The Bertz CT molecular complexity index is 849. The summed E-state index contributed by atoms with van der Waals surface area (Å²) in [6.07, 6.45) is 0.775. The van der Waals surface area contributed by atoms with Crippen molar-refractivity contribution in [3.63, 3.8) is 0 Å². The van der Waals surface area contributed by atoms with Crippen LogP contribution in [0.1, 0.15) is 18.1 Å². The maximum absolute atomic E-state index is 12.7. The first-order chi connectivity index (χ1) is 9.13. The Morgan fingerprint density at radius 2 is 1.95 bits per heavy atom. The van der Waals surface area contributed by atoms with Gasteiger partial charge in [-0.2, -0.15) is 0 Å². The minimum Gasteiger partial charge on any atom is -0.288 e. The molecule has 0 atom stereocenters. The number of benzene rings is 2. The van der Waals surface area contributed by atoms with Gasteiger partial charge in [0, 0.05) is 25.2 Å². The SMILES string of the molecule is CCc1c(Cl)c(C)cc2sc3ccccc3c(=O)c12. The zero-order chi connectivity index (χ0) is 13.6. The standard InChI is InChI=1S/C16H13ClOS/c1-3-10-14-13(8-9(2)15(10)17)19-12-7-5-4-6-11(12)16(14)18/h4-8H,3H2,1-2H3. The minimum absolute atomic E-state index is 0.100. The summed E-state index contributed by atoms with van der Waals surface area (Å²) in [7, 11) is 0.